The molecule has 2 aliphatic rings. The molecule has 118 valence electrons. The lowest BCUT2D eigenvalue weighted by Crippen LogP contribution is -2.33. The molecule has 2 aliphatic carbocycles. The molecule has 0 N–H and O–H groups in total. The fraction of sp³-hybridized carbons (Fsp3) is 0.571. The Hall–Kier alpha value is -1.37. The molecular formula is C21H28O. The van der Waals surface area contributed by atoms with Gasteiger partial charge in [0.15, 0.2) is 0 Å². The molecule has 0 aliphatic heterocycles. The Morgan fingerprint density at radius 1 is 1.14 bits per heavy atom. The zero-order chi connectivity index (χ0) is 16.2. The Bertz CT molecular complexity index is 612. The Morgan fingerprint density at radius 2 is 1.77 bits per heavy atom. The first-order chi connectivity index (χ1) is 10.2. The van der Waals surface area contributed by atoms with Crippen molar-refractivity contribution in [1.82, 2.24) is 0 Å². The second-order valence-electron chi connectivity index (χ2n) is 8.76. The molecule has 2 saturated carbocycles. The number of rotatable bonds is 2. The average Bonchev–Trinajstić information content (AvgIpc) is 2.79. The highest BCUT2D eigenvalue weighted by molar-refractivity contribution is 5.92. The van der Waals surface area contributed by atoms with Crippen molar-refractivity contribution in [3.8, 4) is 0 Å². The second-order valence-corrected chi connectivity index (χ2v) is 8.76. The third-order valence-electron chi connectivity index (χ3n) is 6.32. The van der Waals surface area contributed by atoms with Gasteiger partial charge >= 0.3 is 0 Å². The average molecular weight is 296 g/mol. The van der Waals surface area contributed by atoms with Gasteiger partial charge in [-0.05, 0) is 40.7 Å². The van der Waals surface area contributed by atoms with E-state index >= 15 is 0 Å². The van der Waals surface area contributed by atoms with Gasteiger partial charge in [0.25, 0.3) is 0 Å². The Kier molecular flexibility index (Phi) is 3.39. The lowest BCUT2D eigenvalue weighted by atomic mass is 9.68. The minimum atomic E-state index is -0.222. The van der Waals surface area contributed by atoms with Gasteiger partial charge in [-0.1, -0.05) is 71.0 Å². The minimum Gasteiger partial charge on any atom is -0.299 e. The topological polar surface area (TPSA) is 17.1 Å². The molecule has 2 atom stereocenters. The Morgan fingerprint density at radius 3 is 2.23 bits per heavy atom. The molecular weight excluding hydrogens is 268 g/mol. The standard InChI is InChI=1S/C21H28O/c1-19(2,3)16-8-6-15(7-9-16)10-12-21-13-11-17(14-18(21)22)20(21,4)5/h6-10,12,17H,11,13-14H2,1-5H3. The molecule has 2 bridgehead atoms. The number of carbonyl (C=O) groups excluding carboxylic acids is 1. The SMILES string of the molecule is CC(C)(C)c1ccc(C=CC23CCC(CC2=O)C3(C)C)cc1. The van der Waals surface area contributed by atoms with Gasteiger partial charge < -0.3 is 0 Å². The summed E-state index contributed by atoms with van der Waals surface area (Å²) >= 11 is 0. The molecule has 0 spiro atoms. The molecule has 2 unspecified atom stereocenters. The lowest BCUT2D eigenvalue weighted by molar-refractivity contribution is -0.126. The van der Waals surface area contributed by atoms with E-state index in [2.05, 4.69) is 71.0 Å². The van der Waals surface area contributed by atoms with Crippen molar-refractivity contribution in [1.29, 1.82) is 0 Å². The fourth-order valence-corrected chi connectivity index (χ4v) is 4.43. The normalized spacial score (nSPS) is 30.4. The highest BCUT2D eigenvalue weighted by Crippen LogP contribution is 2.64. The first-order valence-electron chi connectivity index (χ1n) is 8.50. The van der Waals surface area contributed by atoms with Crippen LogP contribution in [-0.4, -0.2) is 5.78 Å². The summed E-state index contributed by atoms with van der Waals surface area (Å²) in [6, 6.07) is 8.76. The van der Waals surface area contributed by atoms with E-state index in [1.54, 1.807) is 0 Å². The summed E-state index contributed by atoms with van der Waals surface area (Å²) in [4.78, 5) is 12.5. The van der Waals surface area contributed by atoms with Gasteiger partial charge in [0, 0.05) is 6.42 Å². The summed E-state index contributed by atoms with van der Waals surface area (Å²) in [6.45, 7) is 11.3. The summed E-state index contributed by atoms with van der Waals surface area (Å²) in [6.07, 6.45) is 7.39. The van der Waals surface area contributed by atoms with Crippen LogP contribution >= 0.6 is 0 Å². The van der Waals surface area contributed by atoms with Crippen LogP contribution in [0.1, 0.15) is 65.0 Å². The molecule has 0 saturated heterocycles. The number of benzene rings is 1. The monoisotopic (exact) mass is 296 g/mol. The van der Waals surface area contributed by atoms with Gasteiger partial charge in [-0.2, -0.15) is 0 Å². The fourth-order valence-electron chi connectivity index (χ4n) is 4.43. The van der Waals surface area contributed by atoms with Crippen molar-refractivity contribution in [2.24, 2.45) is 16.7 Å². The summed E-state index contributed by atoms with van der Waals surface area (Å²) in [5, 5.41) is 0. The quantitative estimate of drug-likeness (QED) is 0.715. The van der Waals surface area contributed by atoms with Crippen molar-refractivity contribution in [2.45, 2.75) is 59.3 Å². The Balaban J connectivity index is 1.87. The molecule has 22 heavy (non-hydrogen) atoms. The van der Waals surface area contributed by atoms with Crippen molar-refractivity contribution < 1.29 is 4.79 Å². The third-order valence-corrected chi connectivity index (χ3v) is 6.32. The smallest absolute Gasteiger partial charge is 0.143 e. The molecule has 0 radical (unpaired) electrons. The van der Waals surface area contributed by atoms with Crippen LogP contribution in [0.4, 0.5) is 0 Å². The first kappa shape index (κ1) is 15.5. The van der Waals surface area contributed by atoms with Crippen molar-refractivity contribution in [3.05, 3.63) is 41.5 Å². The lowest BCUT2D eigenvalue weighted by Gasteiger charge is -2.33. The maximum absolute atomic E-state index is 12.5. The maximum Gasteiger partial charge on any atom is 0.143 e. The molecule has 0 amide bonds. The molecule has 1 aromatic carbocycles. The largest absolute Gasteiger partial charge is 0.299 e. The number of hydrogen-bond donors (Lipinski definition) is 0. The number of hydrogen-bond acceptors (Lipinski definition) is 1. The van der Waals surface area contributed by atoms with Gasteiger partial charge in [0.1, 0.15) is 5.78 Å². The zero-order valence-corrected chi connectivity index (χ0v) is 14.6. The van der Waals surface area contributed by atoms with E-state index in [0.717, 1.165) is 12.8 Å². The van der Waals surface area contributed by atoms with E-state index in [-0.39, 0.29) is 16.2 Å². The van der Waals surface area contributed by atoms with Crippen molar-refractivity contribution >= 4 is 11.9 Å². The predicted molar refractivity (Wildman–Crippen MR) is 92.7 cm³/mol. The van der Waals surface area contributed by atoms with Crippen LogP contribution in [0, 0.1) is 16.7 Å². The van der Waals surface area contributed by atoms with Gasteiger partial charge in [-0.25, -0.2) is 0 Å². The molecule has 2 fully saturated rings. The molecule has 0 heterocycles. The number of ketones is 1. The van der Waals surface area contributed by atoms with E-state index in [4.69, 9.17) is 0 Å². The van der Waals surface area contributed by atoms with Gasteiger partial charge in [0.05, 0.1) is 5.41 Å². The van der Waals surface area contributed by atoms with E-state index in [1.165, 1.54) is 17.5 Å². The Labute approximate surface area is 134 Å². The van der Waals surface area contributed by atoms with E-state index in [1.807, 2.05) is 0 Å². The number of Topliss-reactive ketones (excluding diaryl/α,β-unsaturated/α-hetero) is 1. The molecule has 0 aromatic heterocycles. The van der Waals surface area contributed by atoms with Crippen molar-refractivity contribution in [2.75, 3.05) is 0 Å². The molecule has 1 heteroatoms. The number of fused-ring (bicyclic) bond motifs is 2. The van der Waals surface area contributed by atoms with Crippen LogP contribution < -0.4 is 0 Å². The van der Waals surface area contributed by atoms with Crippen LogP contribution in [-0.2, 0) is 10.2 Å². The highest BCUT2D eigenvalue weighted by Gasteiger charge is 2.62. The first-order valence-corrected chi connectivity index (χ1v) is 8.50. The van der Waals surface area contributed by atoms with E-state index < -0.39 is 0 Å². The van der Waals surface area contributed by atoms with Crippen LogP contribution in [0.3, 0.4) is 0 Å². The summed E-state index contributed by atoms with van der Waals surface area (Å²) in [7, 11) is 0. The van der Waals surface area contributed by atoms with Crippen LogP contribution in [0.5, 0.6) is 0 Å². The third kappa shape index (κ3) is 2.17. The highest BCUT2D eigenvalue weighted by atomic mass is 16.1. The van der Waals surface area contributed by atoms with Gasteiger partial charge in [-0.15, -0.1) is 0 Å². The van der Waals surface area contributed by atoms with Crippen LogP contribution in [0.2, 0.25) is 0 Å². The van der Waals surface area contributed by atoms with E-state index in [9.17, 15) is 4.79 Å². The summed E-state index contributed by atoms with van der Waals surface area (Å²) in [5.41, 5.74) is 2.62. The number of carbonyl (C=O) groups is 1. The minimum absolute atomic E-state index is 0.117. The maximum atomic E-state index is 12.5. The number of allylic oxidation sites excluding steroid dienone is 1. The second kappa shape index (κ2) is 4.81. The molecule has 3 rings (SSSR count). The van der Waals surface area contributed by atoms with Crippen molar-refractivity contribution in [3.63, 3.8) is 0 Å². The molecule has 1 aromatic rings. The zero-order valence-electron chi connectivity index (χ0n) is 14.6. The summed E-state index contributed by atoms with van der Waals surface area (Å²) < 4.78 is 0. The van der Waals surface area contributed by atoms with E-state index in [0.29, 0.717) is 11.7 Å². The van der Waals surface area contributed by atoms with Crippen LogP contribution in [0.15, 0.2) is 30.3 Å². The van der Waals surface area contributed by atoms with Crippen LogP contribution in [0.25, 0.3) is 6.08 Å². The van der Waals surface area contributed by atoms with Gasteiger partial charge in [-0.3, -0.25) is 4.79 Å². The molecule has 1 nitrogen and oxygen atoms in total. The predicted octanol–water partition coefficient (Wildman–Crippen LogP) is 5.39. The van der Waals surface area contributed by atoms with Gasteiger partial charge in [0.2, 0.25) is 0 Å². The summed E-state index contributed by atoms with van der Waals surface area (Å²) in [5.74, 6) is 1.03.